The standard InChI is InChI=1S/C25H28N2O3S/c1-29-19-12-13-20(22(16-19)30-2)21-10-6-14-27(21)17-24(28)26-25(23-11-7-15-31-23)18-8-4-3-5-9-18/h3-5,7-9,11-13,15-16,21,25H,6,10,14,17H2,1-2H3,(H,26,28)/t21-,25+/m1/s1. The zero-order valence-electron chi connectivity index (χ0n) is 17.9. The van der Waals surface area contributed by atoms with E-state index < -0.39 is 0 Å². The molecule has 0 spiro atoms. The molecule has 6 heteroatoms. The van der Waals surface area contributed by atoms with Crippen molar-refractivity contribution in [2.75, 3.05) is 27.3 Å². The molecule has 162 valence electrons. The first-order chi connectivity index (χ1) is 15.2. The fourth-order valence-corrected chi connectivity index (χ4v) is 5.07. The summed E-state index contributed by atoms with van der Waals surface area (Å²) in [6.45, 7) is 1.25. The molecule has 0 radical (unpaired) electrons. The minimum Gasteiger partial charge on any atom is -0.497 e. The maximum Gasteiger partial charge on any atom is 0.234 e. The predicted molar refractivity (Wildman–Crippen MR) is 124 cm³/mol. The number of thiophene rings is 1. The lowest BCUT2D eigenvalue weighted by Gasteiger charge is -2.27. The molecule has 0 bridgehead atoms. The Labute approximate surface area is 187 Å². The number of likely N-dealkylation sites (tertiary alicyclic amines) is 1. The molecule has 2 atom stereocenters. The van der Waals surface area contributed by atoms with Gasteiger partial charge in [-0.1, -0.05) is 42.5 Å². The van der Waals surface area contributed by atoms with Crippen LogP contribution < -0.4 is 14.8 Å². The molecular weight excluding hydrogens is 408 g/mol. The van der Waals surface area contributed by atoms with Gasteiger partial charge in [-0.15, -0.1) is 11.3 Å². The van der Waals surface area contributed by atoms with Crippen LogP contribution in [-0.2, 0) is 4.79 Å². The lowest BCUT2D eigenvalue weighted by molar-refractivity contribution is -0.123. The van der Waals surface area contributed by atoms with Gasteiger partial charge in [0.1, 0.15) is 11.5 Å². The van der Waals surface area contributed by atoms with Crippen molar-refractivity contribution in [2.24, 2.45) is 0 Å². The van der Waals surface area contributed by atoms with Gasteiger partial charge in [-0.25, -0.2) is 0 Å². The van der Waals surface area contributed by atoms with E-state index >= 15 is 0 Å². The second-order valence-electron chi connectivity index (χ2n) is 7.66. The van der Waals surface area contributed by atoms with E-state index in [0.29, 0.717) is 6.54 Å². The van der Waals surface area contributed by atoms with Gasteiger partial charge >= 0.3 is 0 Å². The molecule has 1 fully saturated rings. The minimum atomic E-state index is -0.134. The van der Waals surface area contributed by atoms with Crippen molar-refractivity contribution < 1.29 is 14.3 Å². The summed E-state index contributed by atoms with van der Waals surface area (Å²) in [5, 5.41) is 5.31. The van der Waals surface area contributed by atoms with Gasteiger partial charge in [0, 0.05) is 22.5 Å². The minimum absolute atomic E-state index is 0.0293. The molecule has 0 unspecified atom stereocenters. The Morgan fingerprint density at radius 2 is 1.97 bits per heavy atom. The average molecular weight is 437 g/mol. The highest BCUT2D eigenvalue weighted by molar-refractivity contribution is 7.10. The van der Waals surface area contributed by atoms with Crippen LogP contribution in [0.15, 0.2) is 66.0 Å². The largest absolute Gasteiger partial charge is 0.497 e. The number of nitrogens with zero attached hydrogens (tertiary/aromatic N) is 1. The fraction of sp³-hybridized carbons (Fsp3) is 0.320. The summed E-state index contributed by atoms with van der Waals surface area (Å²) in [5.74, 6) is 1.60. The zero-order chi connectivity index (χ0) is 21.6. The summed E-state index contributed by atoms with van der Waals surface area (Å²) >= 11 is 1.66. The van der Waals surface area contributed by atoms with Crippen LogP contribution in [0.3, 0.4) is 0 Å². The van der Waals surface area contributed by atoms with Crippen LogP contribution in [0.2, 0.25) is 0 Å². The van der Waals surface area contributed by atoms with Crippen molar-refractivity contribution in [2.45, 2.75) is 24.9 Å². The van der Waals surface area contributed by atoms with Gasteiger partial charge < -0.3 is 14.8 Å². The molecule has 4 rings (SSSR count). The fourth-order valence-electron chi connectivity index (χ4n) is 4.27. The van der Waals surface area contributed by atoms with Crippen LogP contribution in [0.25, 0.3) is 0 Å². The molecule has 2 heterocycles. The Balaban J connectivity index is 1.50. The zero-order valence-corrected chi connectivity index (χ0v) is 18.7. The normalized spacial score (nSPS) is 17.3. The summed E-state index contributed by atoms with van der Waals surface area (Å²) < 4.78 is 10.9. The molecule has 1 aliphatic rings. The first kappa shape index (κ1) is 21.4. The van der Waals surface area contributed by atoms with Crippen molar-refractivity contribution >= 4 is 17.2 Å². The highest BCUT2D eigenvalue weighted by atomic mass is 32.1. The van der Waals surface area contributed by atoms with E-state index in [1.54, 1.807) is 25.6 Å². The van der Waals surface area contributed by atoms with Crippen LogP contribution >= 0.6 is 11.3 Å². The van der Waals surface area contributed by atoms with E-state index in [1.165, 1.54) is 0 Å². The molecule has 31 heavy (non-hydrogen) atoms. The average Bonchev–Trinajstić information content (AvgIpc) is 3.50. The van der Waals surface area contributed by atoms with Gasteiger partial charge in [0.2, 0.25) is 5.91 Å². The van der Waals surface area contributed by atoms with E-state index in [4.69, 9.17) is 9.47 Å². The van der Waals surface area contributed by atoms with E-state index in [9.17, 15) is 4.79 Å². The Kier molecular flexibility index (Phi) is 6.89. The van der Waals surface area contributed by atoms with Crippen LogP contribution in [-0.4, -0.2) is 38.1 Å². The second-order valence-corrected chi connectivity index (χ2v) is 8.64. The molecule has 5 nitrogen and oxygen atoms in total. The summed E-state index contributed by atoms with van der Waals surface area (Å²) in [7, 11) is 3.33. The third-order valence-electron chi connectivity index (χ3n) is 5.78. The van der Waals surface area contributed by atoms with Crippen LogP contribution in [0, 0.1) is 0 Å². The Hall–Kier alpha value is -2.83. The highest BCUT2D eigenvalue weighted by Crippen LogP contribution is 2.38. The number of rotatable bonds is 8. The molecule has 0 aliphatic carbocycles. The number of amides is 1. The molecule has 0 saturated carbocycles. The number of hydrogen-bond donors (Lipinski definition) is 1. The molecule has 3 aromatic rings. The monoisotopic (exact) mass is 436 g/mol. The van der Waals surface area contributed by atoms with Crippen LogP contribution in [0.5, 0.6) is 11.5 Å². The number of nitrogens with one attached hydrogen (secondary N) is 1. The lowest BCUT2D eigenvalue weighted by Crippen LogP contribution is -2.38. The summed E-state index contributed by atoms with van der Waals surface area (Å²) in [6, 6.07) is 20.2. The number of benzene rings is 2. The van der Waals surface area contributed by atoms with Gasteiger partial charge in [0.05, 0.1) is 26.8 Å². The van der Waals surface area contributed by atoms with Crippen molar-refractivity contribution in [1.29, 1.82) is 0 Å². The summed E-state index contributed by atoms with van der Waals surface area (Å²) in [4.78, 5) is 16.5. The lowest BCUT2D eigenvalue weighted by atomic mass is 10.0. The van der Waals surface area contributed by atoms with Gasteiger partial charge in [-0.3, -0.25) is 9.69 Å². The maximum atomic E-state index is 13.1. The smallest absolute Gasteiger partial charge is 0.234 e. The molecule has 1 aliphatic heterocycles. The van der Waals surface area contributed by atoms with Crippen molar-refractivity contribution in [3.05, 3.63) is 82.0 Å². The molecule has 1 amide bonds. The number of carbonyl (C=O) groups is 1. The Morgan fingerprint density at radius 3 is 2.68 bits per heavy atom. The van der Waals surface area contributed by atoms with Gasteiger partial charge in [-0.2, -0.15) is 0 Å². The maximum absolute atomic E-state index is 13.1. The molecule has 1 saturated heterocycles. The summed E-state index contributed by atoms with van der Waals surface area (Å²) in [6.07, 6.45) is 2.06. The van der Waals surface area contributed by atoms with Crippen LogP contribution in [0.4, 0.5) is 0 Å². The first-order valence-corrected chi connectivity index (χ1v) is 11.4. The van der Waals surface area contributed by atoms with E-state index in [2.05, 4.69) is 34.5 Å². The van der Waals surface area contributed by atoms with E-state index in [0.717, 1.165) is 46.9 Å². The first-order valence-electron chi connectivity index (χ1n) is 10.5. The SMILES string of the molecule is COc1ccc([C@H]2CCCN2CC(=O)N[C@@H](c2ccccc2)c2cccs2)c(OC)c1. The van der Waals surface area contributed by atoms with E-state index in [1.807, 2.05) is 41.8 Å². The molecular formula is C25H28N2O3S. The number of ether oxygens (including phenoxy) is 2. The van der Waals surface area contributed by atoms with Crippen molar-refractivity contribution in [3.8, 4) is 11.5 Å². The number of hydrogen-bond acceptors (Lipinski definition) is 5. The molecule has 1 N–H and O–H groups in total. The van der Waals surface area contributed by atoms with Gasteiger partial charge in [-0.05, 0) is 42.5 Å². The van der Waals surface area contributed by atoms with Gasteiger partial charge in [0.15, 0.2) is 0 Å². The number of methoxy groups -OCH3 is 2. The topological polar surface area (TPSA) is 50.8 Å². The van der Waals surface area contributed by atoms with Gasteiger partial charge in [0.25, 0.3) is 0 Å². The quantitative estimate of drug-likeness (QED) is 0.551. The third-order valence-corrected chi connectivity index (χ3v) is 6.71. The molecule has 1 aromatic heterocycles. The van der Waals surface area contributed by atoms with E-state index in [-0.39, 0.29) is 18.0 Å². The molecule has 2 aromatic carbocycles. The van der Waals surface area contributed by atoms with Crippen molar-refractivity contribution in [3.63, 3.8) is 0 Å². The second kappa shape index (κ2) is 9.98. The summed E-state index contributed by atoms with van der Waals surface area (Å²) in [5.41, 5.74) is 2.19. The van der Waals surface area contributed by atoms with Crippen LogP contribution in [0.1, 0.15) is 40.9 Å². The Bertz CT molecular complexity index is 991. The number of carbonyl (C=O) groups excluding carboxylic acids is 1. The predicted octanol–water partition coefficient (Wildman–Crippen LogP) is 4.81. The van der Waals surface area contributed by atoms with Crippen molar-refractivity contribution in [1.82, 2.24) is 10.2 Å². The highest BCUT2D eigenvalue weighted by Gasteiger charge is 2.30. The Morgan fingerprint density at radius 1 is 1.13 bits per heavy atom. The third kappa shape index (κ3) is 4.92.